The van der Waals surface area contributed by atoms with Gasteiger partial charge in [-0.2, -0.15) is 0 Å². The zero-order valence-electron chi connectivity index (χ0n) is 14.0. The fourth-order valence-corrected chi connectivity index (χ4v) is 5.42. The summed E-state index contributed by atoms with van der Waals surface area (Å²) in [7, 11) is 0. The topological polar surface area (TPSA) is 56.0 Å². The van der Waals surface area contributed by atoms with E-state index in [-0.39, 0.29) is 5.63 Å². The Morgan fingerprint density at radius 1 is 1.08 bits per heavy atom. The molecule has 3 aromatic heterocycles. The van der Waals surface area contributed by atoms with Gasteiger partial charge in [-0.25, -0.2) is 14.8 Å². The molecule has 0 spiro atoms. The molecule has 130 valence electrons. The second-order valence-electron chi connectivity index (χ2n) is 6.47. The predicted octanol–water partition coefficient (Wildman–Crippen LogP) is 4.84. The molecule has 1 aliphatic carbocycles. The largest absolute Gasteiger partial charge is 0.422 e. The number of thiazole rings is 2. The average molecular weight is 380 g/mol. The quantitative estimate of drug-likeness (QED) is 0.477. The minimum atomic E-state index is -0.342. The molecule has 0 unspecified atom stereocenters. The molecular weight excluding hydrogens is 364 g/mol. The average Bonchev–Trinajstić information content (AvgIpc) is 3.27. The number of nitrogens with zero attached hydrogens (tertiary/aromatic N) is 2. The molecule has 5 rings (SSSR count). The summed E-state index contributed by atoms with van der Waals surface area (Å²) in [6, 6.07) is 9.40. The molecule has 3 heterocycles. The molecule has 4 nitrogen and oxygen atoms in total. The Bertz CT molecular complexity index is 1130. The van der Waals surface area contributed by atoms with Crippen molar-refractivity contribution in [1.29, 1.82) is 0 Å². The molecule has 0 saturated heterocycles. The van der Waals surface area contributed by atoms with E-state index in [0.717, 1.165) is 34.7 Å². The smallest absolute Gasteiger partial charge is 0.345 e. The lowest BCUT2D eigenvalue weighted by molar-refractivity contribution is 0.563. The molecule has 0 bridgehead atoms. The molecule has 0 fully saturated rings. The van der Waals surface area contributed by atoms with Crippen molar-refractivity contribution in [3.63, 3.8) is 0 Å². The number of benzene rings is 1. The maximum atomic E-state index is 12.3. The first-order chi connectivity index (χ1) is 12.8. The Morgan fingerprint density at radius 3 is 2.88 bits per heavy atom. The van der Waals surface area contributed by atoms with Gasteiger partial charge in [-0.15, -0.1) is 22.7 Å². The van der Waals surface area contributed by atoms with Crippen LogP contribution in [-0.4, -0.2) is 9.97 Å². The van der Waals surface area contributed by atoms with Crippen LogP contribution >= 0.6 is 22.7 Å². The van der Waals surface area contributed by atoms with Crippen LogP contribution in [0.2, 0.25) is 0 Å². The summed E-state index contributed by atoms with van der Waals surface area (Å²) in [6.45, 7) is 0. The van der Waals surface area contributed by atoms with Crippen LogP contribution in [0.1, 0.15) is 33.4 Å². The molecule has 0 radical (unpaired) electrons. The normalized spacial score (nSPS) is 13.8. The van der Waals surface area contributed by atoms with Gasteiger partial charge in [0, 0.05) is 15.6 Å². The van der Waals surface area contributed by atoms with E-state index >= 15 is 0 Å². The number of fused-ring (bicyclic) bond motifs is 2. The number of hydrogen-bond donors (Lipinski definition) is 0. The SMILES string of the molecule is O=c1oc2ccccc2cc1-c1csc(Cc2nc3c(s2)CCCC3)n1. The lowest BCUT2D eigenvalue weighted by Crippen LogP contribution is -2.03. The summed E-state index contributed by atoms with van der Waals surface area (Å²) in [4.78, 5) is 23.2. The van der Waals surface area contributed by atoms with Gasteiger partial charge in [-0.3, -0.25) is 0 Å². The first-order valence-electron chi connectivity index (χ1n) is 8.71. The Balaban J connectivity index is 1.46. The Kier molecular flexibility index (Phi) is 3.94. The summed E-state index contributed by atoms with van der Waals surface area (Å²) in [6.07, 6.45) is 5.52. The molecule has 1 aromatic carbocycles. The molecule has 0 amide bonds. The van der Waals surface area contributed by atoms with Gasteiger partial charge in [0.05, 0.1) is 28.4 Å². The minimum Gasteiger partial charge on any atom is -0.422 e. The Morgan fingerprint density at radius 2 is 1.96 bits per heavy atom. The Labute approximate surface area is 158 Å². The molecule has 4 aromatic rings. The number of rotatable bonds is 3. The molecule has 1 aliphatic rings. The van der Waals surface area contributed by atoms with Crippen molar-refractivity contribution in [1.82, 2.24) is 9.97 Å². The highest BCUT2D eigenvalue weighted by atomic mass is 32.1. The van der Waals surface area contributed by atoms with Gasteiger partial charge in [0.25, 0.3) is 0 Å². The van der Waals surface area contributed by atoms with Crippen molar-refractivity contribution in [2.75, 3.05) is 0 Å². The first-order valence-corrected chi connectivity index (χ1v) is 10.4. The summed E-state index contributed by atoms with van der Waals surface area (Å²) < 4.78 is 5.43. The van der Waals surface area contributed by atoms with Crippen LogP contribution in [0.4, 0.5) is 0 Å². The van der Waals surface area contributed by atoms with Crippen LogP contribution in [0, 0.1) is 0 Å². The van der Waals surface area contributed by atoms with Crippen molar-refractivity contribution >= 4 is 33.6 Å². The van der Waals surface area contributed by atoms with E-state index in [0.29, 0.717) is 16.8 Å². The highest BCUT2D eigenvalue weighted by molar-refractivity contribution is 7.12. The van der Waals surface area contributed by atoms with Crippen LogP contribution < -0.4 is 5.63 Å². The van der Waals surface area contributed by atoms with E-state index in [2.05, 4.69) is 4.98 Å². The Hall–Kier alpha value is -2.31. The second-order valence-corrected chi connectivity index (χ2v) is 8.58. The molecule has 0 aliphatic heterocycles. The fourth-order valence-electron chi connectivity index (χ4n) is 3.37. The number of hydrogen-bond acceptors (Lipinski definition) is 6. The van der Waals surface area contributed by atoms with Crippen LogP contribution in [0.15, 0.2) is 44.9 Å². The third kappa shape index (κ3) is 2.89. The lowest BCUT2D eigenvalue weighted by atomic mass is 10.0. The first kappa shape index (κ1) is 15.9. The summed E-state index contributed by atoms with van der Waals surface area (Å²) in [5, 5.41) is 4.95. The number of aromatic nitrogens is 2. The lowest BCUT2D eigenvalue weighted by Gasteiger charge is -2.06. The second kappa shape index (κ2) is 6.45. The molecule has 0 N–H and O–H groups in total. The highest BCUT2D eigenvalue weighted by Gasteiger charge is 2.17. The number of aryl methyl sites for hydroxylation is 2. The van der Waals surface area contributed by atoms with Gasteiger partial charge in [0.15, 0.2) is 0 Å². The maximum Gasteiger partial charge on any atom is 0.345 e. The zero-order chi connectivity index (χ0) is 17.5. The van der Waals surface area contributed by atoms with Gasteiger partial charge >= 0.3 is 5.63 Å². The summed E-state index contributed by atoms with van der Waals surface area (Å²) >= 11 is 3.39. The van der Waals surface area contributed by atoms with Crippen LogP contribution in [-0.2, 0) is 19.3 Å². The maximum absolute atomic E-state index is 12.3. The van der Waals surface area contributed by atoms with E-state index in [1.165, 1.54) is 23.4 Å². The van der Waals surface area contributed by atoms with Crippen molar-refractivity contribution in [2.45, 2.75) is 32.1 Å². The van der Waals surface area contributed by atoms with E-state index in [4.69, 9.17) is 9.40 Å². The van der Waals surface area contributed by atoms with Crippen molar-refractivity contribution in [3.05, 3.63) is 66.7 Å². The van der Waals surface area contributed by atoms with Crippen molar-refractivity contribution in [3.8, 4) is 11.3 Å². The standard InChI is InChI=1S/C20H16N2O2S2/c23-20-13(9-12-5-1-3-7-16(12)24-20)15-11-25-18(22-15)10-19-21-14-6-2-4-8-17(14)26-19/h1,3,5,7,9,11H,2,4,6,8,10H2. The van der Waals surface area contributed by atoms with Crippen molar-refractivity contribution < 1.29 is 4.42 Å². The van der Waals surface area contributed by atoms with Crippen molar-refractivity contribution in [2.24, 2.45) is 0 Å². The van der Waals surface area contributed by atoms with Crippen LogP contribution in [0.5, 0.6) is 0 Å². The van der Waals surface area contributed by atoms with Gasteiger partial charge in [0.2, 0.25) is 0 Å². The highest BCUT2D eigenvalue weighted by Crippen LogP contribution is 2.29. The molecule has 6 heteroatoms. The zero-order valence-corrected chi connectivity index (χ0v) is 15.7. The van der Waals surface area contributed by atoms with Gasteiger partial charge in [0.1, 0.15) is 10.6 Å². The van der Waals surface area contributed by atoms with Gasteiger partial charge in [-0.1, -0.05) is 18.2 Å². The number of para-hydroxylation sites is 1. The van der Waals surface area contributed by atoms with Crippen LogP contribution in [0.3, 0.4) is 0 Å². The third-order valence-electron chi connectivity index (χ3n) is 4.66. The van der Waals surface area contributed by atoms with E-state index in [1.54, 1.807) is 17.4 Å². The van der Waals surface area contributed by atoms with E-state index in [9.17, 15) is 4.79 Å². The predicted molar refractivity (Wildman–Crippen MR) is 105 cm³/mol. The fraction of sp³-hybridized carbons (Fsp3) is 0.250. The van der Waals surface area contributed by atoms with Gasteiger partial charge < -0.3 is 4.42 Å². The molecule has 26 heavy (non-hydrogen) atoms. The molecule has 0 atom stereocenters. The summed E-state index contributed by atoms with van der Waals surface area (Å²) in [5.41, 5.74) is 2.74. The molecular formula is C20H16N2O2S2. The molecule has 0 saturated carbocycles. The van der Waals surface area contributed by atoms with Gasteiger partial charge in [-0.05, 0) is 37.8 Å². The minimum absolute atomic E-state index is 0.342. The van der Waals surface area contributed by atoms with Crippen LogP contribution in [0.25, 0.3) is 22.2 Å². The third-order valence-corrected chi connectivity index (χ3v) is 6.67. The van der Waals surface area contributed by atoms with E-state index in [1.807, 2.05) is 41.0 Å². The van der Waals surface area contributed by atoms with E-state index < -0.39 is 0 Å². The summed E-state index contributed by atoms with van der Waals surface area (Å²) in [5.74, 6) is 0. The monoisotopic (exact) mass is 380 g/mol.